The Morgan fingerprint density at radius 3 is 2.65 bits per heavy atom. The number of phenolic OH excluding ortho intramolecular Hbond substituents is 1. The molecular weight excluding hydrogens is 284 g/mol. The predicted molar refractivity (Wildman–Crippen MR) is 73.8 cm³/mol. The van der Waals surface area contributed by atoms with Gasteiger partial charge in [-0.2, -0.15) is 0 Å². The molecule has 2 aromatic carbocycles. The normalized spacial score (nSPS) is 10.3. The van der Waals surface area contributed by atoms with Crippen LogP contribution in [0.15, 0.2) is 47.4 Å². The lowest BCUT2D eigenvalue weighted by atomic mass is 10.3. The minimum atomic E-state index is -0.828. The molecule has 6 heteroatoms. The maximum absolute atomic E-state index is 13.3. The van der Waals surface area contributed by atoms with Gasteiger partial charge in [0, 0.05) is 11.0 Å². The Kier molecular flexibility index (Phi) is 4.57. The second-order valence-corrected chi connectivity index (χ2v) is 4.95. The Bertz CT molecular complexity index is 634. The molecule has 20 heavy (non-hydrogen) atoms. The fourth-order valence-electron chi connectivity index (χ4n) is 1.50. The number of para-hydroxylation sites is 1. The Morgan fingerprint density at radius 1 is 1.20 bits per heavy atom. The van der Waals surface area contributed by atoms with E-state index in [1.807, 2.05) is 0 Å². The lowest BCUT2D eigenvalue weighted by Crippen LogP contribution is -2.15. The highest BCUT2D eigenvalue weighted by Crippen LogP contribution is 2.27. The molecule has 0 bridgehead atoms. The summed E-state index contributed by atoms with van der Waals surface area (Å²) in [7, 11) is 0. The van der Waals surface area contributed by atoms with E-state index < -0.39 is 17.5 Å². The predicted octanol–water partition coefficient (Wildman–Crippen LogP) is 3.40. The highest BCUT2D eigenvalue weighted by atomic mass is 32.2. The highest BCUT2D eigenvalue weighted by molar-refractivity contribution is 8.00. The molecule has 0 fully saturated rings. The average molecular weight is 295 g/mol. The summed E-state index contributed by atoms with van der Waals surface area (Å²) in [5, 5.41) is 11.9. The fourth-order valence-corrected chi connectivity index (χ4v) is 2.25. The van der Waals surface area contributed by atoms with Crippen molar-refractivity contribution in [2.24, 2.45) is 0 Å². The van der Waals surface area contributed by atoms with Crippen LogP contribution in [-0.2, 0) is 4.79 Å². The van der Waals surface area contributed by atoms with E-state index >= 15 is 0 Å². The van der Waals surface area contributed by atoms with E-state index in [0.29, 0.717) is 11.0 Å². The van der Waals surface area contributed by atoms with Crippen LogP contribution in [0.3, 0.4) is 0 Å². The van der Waals surface area contributed by atoms with Crippen LogP contribution < -0.4 is 5.32 Å². The molecule has 0 radical (unpaired) electrons. The summed E-state index contributed by atoms with van der Waals surface area (Å²) in [4.78, 5) is 12.2. The van der Waals surface area contributed by atoms with Crippen LogP contribution in [0.1, 0.15) is 0 Å². The van der Waals surface area contributed by atoms with Gasteiger partial charge in [0.2, 0.25) is 5.91 Å². The summed E-state index contributed by atoms with van der Waals surface area (Å²) in [5.41, 5.74) is -0.0747. The molecular formula is C14H11F2NO2S. The first kappa shape index (κ1) is 14.3. The Hall–Kier alpha value is -2.08. The summed E-state index contributed by atoms with van der Waals surface area (Å²) in [6.07, 6.45) is 0. The average Bonchev–Trinajstić information content (AvgIpc) is 2.41. The van der Waals surface area contributed by atoms with E-state index in [1.54, 1.807) is 18.2 Å². The summed E-state index contributed by atoms with van der Waals surface area (Å²) >= 11 is 1.12. The molecule has 3 nitrogen and oxygen atoms in total. The van der Waals surface area contributed by atoms with Gasteiger partial charge in [-0.3, -0.25) is 4.79 Å². The monoisotopic (exact) mass is 295 g/mol. The number of thioether (sulfide) groups is 1. The largest absolute Gasteiger partial charge is 0.507 e. The summed E-state index contributed by atoms with van der Waals surface area (Å²) in [6.45, 7) is 0. The zero-order valence-corrected chi connectivity index (χ0v) is 11.1. The van der Waals surface area contributed by atoms with Gasteiger partial charge in [0.1, 0.15) is 17.4 Å². The number of carbonyl (C=O) groups is 1. The molecule has 0 aliphatic heterocycles. The summed E-state index contributed by atoms with van der Waals surface area (Å²) < 4.78 is 26.1. The number of halogens is 2. The zero-order valence-electron chi connectivity index (χ0n) is 10.3. The maximum atomic E-state index is 13.3. The van der Waals surface area contributed by atoms with Gasteiger partial charge in [0.15, 0.2) is 0 Å². The first-order chi connectivity index (χ1) is 9.56. The third-order valence-corrected chi connectivity index (χ3v) is 3.49. The summed E-state index contributed by atoms with van der Waals surface area (Å²) in [5.74, 6) is -1.88. The molecule has 2 N–H and O–H groups in total. The van der Waals surface area contributed by atoms with E-state index in [1.165, 1.54) is 6.07 Å². The minimum absolute atomic E-state index is 0.00832. The zero-order chi connectivity index (χ0) is 14.5. The van der Waals surface area contributed by atoms with Gasteiger partial charge < -0.3 is 10.4 Å². The molecule has 0 saturated carbocycles. The second-order valence-electron chi connectivity index (χ2n) is 3.93. The molecule has 2 rings (SSSR count). The van der Waals surface area contributed by atoms with Crippen LogP contribution in [0.25, 0.3) is 0 Å². The van der Waals surface area contributed by atoms with Crippen LogP contribution >= 0.6 is 11.8 Å². The van der Waals surface area contributed by atoms with Gasteiger partial charge in [0.05, 0.1) is 11.4 Å². The van der Waals surface area contributed by atoms with Crippen molar-refractivity contribution >= 4 is 23.4 Å². The lowest BCUT2D eigenvalue weighted by Gasteiger charge is -2.07. The number of phenols is 1. The molecule has 2 aromatic rings. The Balaban J connectivity index is 1.94. The highest BCUT2D eigenvalue weighted by Gasteiger charge is 2.09. The minimum Gasteiger partial charge on any atom is -0.507 e. The maximum Gasteiger partial charge on any atom is 0.234 e. The van der Waals surface area contributed by atoms with Crippen molar-refractivity contribution in [2.75, 3.05) is 11.1 Å². The number of rotatable bonds is 4. The van der Waals surface area contributed by atoms with Crippen molar-refractivity contribution in [1.29, 1.82) is 0 Å². The molecule has 0 aliphatic carbocycles. The van der Waals surface area contributed by atoms with Crippen molar-refractivity contribution < 1.29 is 18.7 Å². The van der Waals surface area contributed by atoms with Crippen molar-refractivity contribution in [3.63, 3.8) is 0 Å². The van der Waals surface area contributed by atoms with Gasteiger partial charge >= 0.3 is 0 Å². The van der Waals surface area contributed by atoms with Crippen molar-refractivity contribution in [3.05, 3.63) is 54.1 Å². The number of nitrogens with one attached hydrogen (secondary N) is 1. The van der Waals surface area contributed by atoms with Crippen LogP contribution in [0.2, 0.25) is 0 Å². The SMILES string of the molecule is O=C(CSc1ccccc1O)Nc1ccc(F)cc1F. The second kappa shape index (κ2) is 6.38. The third-order valence-electron chi connectivity index (χ3n) is 2.43. The van der Waals surface area contributed by atoms with Gasteiger partial charge in [-0.15, -0.1) is 11.8 Å². The third kappa shape index (κ3) is 3.71. The molecule has 0 atom stereocenters. The standard InChI is InChI=1S/C14H11F2NO2S/c15-9-5-6-11(10(16)7-9)17-14(19)8-20-13-4-2-1-3-12(13)18/h1-7,18H,8H2,(H,17,19). The molecule has 0 saturated heterocycles. The van der Waals surface area contributed by atoms with Crippen LogP contribution in [0.4, 0.5) is 14.5 Å². The first-order valence-electron chi connectivity index (χ1n) is 5.72. The van der Waals surface area contributed by atoms with Gasteiger partial charge in [-0.05, 0) is 24.3 Å². The van der Waals surface area contributed by atoms with Crippen LogP contribution in [0, 0.1) is 11.6 Å². The number of benzene rings is 2. The molecule has 0 heterocycles. The smallest absolute Gasteiger partial charge is 0.234 e. The topological polar surface area (TPSA) is 49.3 Å². The van der Waals surface area contributed by atoms with E-state index in [-0.39, 0.29) is 17.2 Å². The Morgan fingerprint density at radius 2 is 1.95 bits per heavy atom. The van der Waals surface area contributed by atoms with Gasteiger partial charge in [0.25, 0.3) is 0 Å². The van der Waals surface area contributed by atoms with Crippen molar-refractivity contribution in [2.45, 2.75) is 4.90 Å². The van der Waals surface area contributed by atoms with Crippen LogP contribution in [0.5, 0.6) is 5.75 Å². The number of aromatic hydroxyl groups is 1. The molecule has 0 aliphatic rings. The number of carbonyl (C=O) groups excluding carboxylic acids is 1. The Labute approximate surface area is 118 Å². The molecule has 0 aromatic heterocycles. The quantitative estimate of drug-likeness (QED) is 0.850. The molecule has 0 unspecified atom stereocenters. The molecule has 0 spiro atoms. The van der Waals surface area contributed by atoms with E-state index in [2.05, 4.69) is 5.32 Å². The molecule has 1 amide bonds. The van der Waals surface area contributed by atoms with E-state index in [0.717, 1.165) is 23.9 Å². The molecule has 104 valence electrons. The summed E-state index contributed by atoms with van der Waals surface area (Å²) in [6, 6.07) is 9.52. The first-order valence-corrected chi connectivity index (χ1v) is 6.70. The van der Waals surface area contributed by atoms with Gasteiger partial charge in [-0.25, -0.2) is 8.78 Å². The van der Waals surface area contributed by atoms with Crippen molar-refractivity contribution in [3.8, 4) is 5.75 Å². The fraction of sp³-hybridized carbons (Fsp3) is 0.0714. The van der Waals surface area contributed by atoms with Crippen molar-refractivity contribution in [1.82, 2.24) is 0 Å². The van der Waals surface area contributed by atoms with E-state index in [4.69, 9.17) is 0 Å². The van der Waals surface area contributed by atoms with E-state index in [9.17, 15) is 18.7 Å². The van der Waals surface area contributed by atoms with Gasteiger partial charge in [-0.1, -0.05) is 12.1 Å². The van der Waals surface area contributed by atoms with Crippen LogP contribution in [-0.4, -0.2) is 16.8 Å². The number of amides is 1. The number of hydrogen-bond donors (Lipinski definition) is 2. The lowest BCUT2D eigenvalue weighted by molar-refractivity contribution is -0.113. The number of anilines is 1. The number of hydrogen-bond acceptors (Lipinski definition) is 3.